The van der Waals surface area contributed by atoms with Crippen LogP contribution in [0, 0.1) is 0 Å². The molecule has 166 valence electrons. The second kappa shape index (κ2) is 13.4. The van der Waals surface area contributed by atoms with Gasteiger partial charge in [0.25, 0.3) is 0 Å². The Balaban J connectivity index is 0.00000240. The molecule has 0 spiro atoms. The molecule has 0 fully saturated rings. The molecular weight excluding hydrogens is 439 g/mol. The average molecular weight is 465 g/mol. The third kappa shape index (κ3) is 8.41. The van der Waals surface area contributed by atoms with Crippen molar-refractivity contribution in [3.63, 3.8) is 0 Å². The van der Waals surface area contributed by atoms with Crippen LogP contribution in [0.3, 0.4) is 0 Å². The molecule has 1 heterocycles. The van der Waals surface area contributed by atoms with E-state index in [1.165, 1.54) is 6.33 Å². The van der Waals surface area contributed by atoms with Crippen LogP contribution in [0.15, 0.2) is 73.2 Å². The van der Waals surface area contributed by atoms with Crippen molar-refractivity contribution in [2.45, 2.75) is 31.5 Å². The molecule has 0 aliphatic rings. The van der Waals surface area contributed by atoms with Gasteiger partial charge in [-0.1, -0.05) is 60.7 Å². The van der Waals surface area contributed by atoms with Crippen LogP contribution in [-0.2, 0) is 33.8 Å². The zero-order chi connectivity index (χ0) is 20.5. The summed E-state index contributed by atoms with van der Waals surface area (Å²) in [5, 5.41) is 2.74. The maximum atomic E-state index is 12.7. The predicted molar refractivity (Wildman–Crippen MR) is 123 cm³/mol. The van der Waals surface area contributed by atoms with Gasteiger partial charge in [-0.15, -0.1) is 24.8 Å². The summed E-state index contributed by atoms with van der Waals surface area (Å²) in [5.74, 6) is -0.919. The fourth-order valence-electron chi connectivity index (χ4n) is 2.88. The molecular formula is C22H26Cl2N4O3. The number of H-pyrrole nitrogens is 1. The van der Waals surface area contributed by atoms with E-state index in [1.807, 2.05) is 60.7 Å². The number of nitrogens with two attached hydrogens (primary N) is 1. The van der Waals surface area contributed by atoms with E-state index in [0.29, 0.717) is 12.8 Å². The van der Waals surface area contributed by atoms with Crippen LogP contribution < -0.4 is 11.1 Å². The molecule has 1 aromatic heterocycles. The van der Waals surface area contributed by atoms with Crippen molar-refractivity contribution >= 4 is 36.7 Å². The van der Waals surface area contributed by atoms with Crippen LogP contribution in [0.25, 0.3) is 0 Å². The Morgan fingerprint density at radius 2 is 1.58 bits per heavy atom. The minimum atomic E-state index is -0.832. The number of hydrogen-bond donors (Lipinski definition) is 3. The Kier molecular flexibility index (Phi) is 11.3. The van der Waals surface area contributed by atoms with Crippen molar-refractivity contribution in [2.75, 3.05) is 0 Å². The minimum absolute atomic E-state index is 0. The highest BCUT2D eigenvalue weighted by Gasteiger charge is 2.25. The lowest BCUT2D eigenvalue weighted by Gasteiger charge is -2.20. The number of hydrogen-bond acceptors (Lipinski definition) is 5. The van der Waals surface area contributed by atoms with Crippen molar-refractivity contribution in [3.8, 4) is 0 Å². The lowest BCUT2D eigenvalue weighted by Crippen LogP contribution is -2.50. The fraction of sp³-hybridized carbons (Fsp3) is 0.227. The first-order valence-corrected chi connectivity index (χ1v) is 9.39. The van der Waals surface area contributed by atoms with Crippen molar-refractivity contribution < 1.29 is 14.3 Å². The van der Waals surface area contributed by atoms with E-state index in [0.717, 1.165) is 16.8 Å². The summed E-state index contributed by atoms with van der Waals surface area (Å²) < 4.78 is 5.44. The van der Waals surface area contributed by atoms with Crippen molar-refractivity contribution in [2.24, 2.45) is 5.73 Å². The molecule has 3 rings (SSSR count). The Morgan fingerprint density at radius 1 is 0.968 bits per heavy atom. The number of rotatable bonds is 9. The van der Waals surface area contributed by atoms with Crippen LogP contribution in [0.4, 0.5) is 0 Å². The summed E-state index contributed by atoms with van der Waals surface area (Å²) in [5.41, 5.74) is 8.54. The maximum Gasteiger partial charge on any atom is 0.329 e. The first-order chi connectivity index (χ1) is 14.1. The third-order valence-electron chi connectivity index (χ3n) is 4.44. The molecule has 0 aliphatic carbocycles. The van der Waals surface area contributed by atoms with Gasteiger partial charge in [0.05, 0.1) is 12.4 Å². The van der Waals surface area contributed by atoms with Crippen LogP contribution in [0.2, 0.25) is 0 Å². The number of aromatic nitrogens is 2. The lowest BCUT2D eigenvalue weighted by atomic mass is 10.0. The molecule has 2 aromatic carbocycles. The number of carbonyl (C=O) groups excluding carboxylic acids is 2. The van der Waals surface area contributed by atoms with E-state index in [4.69, 9.17) is 10.5 Å². The smallest absolute Gasteiger partial charge is 0.329 e. The minimum Gasteiger partial charge on any atom is -0.459 e. The summed E-state index contributed by atoms with van der Waals surface area (Å²) in [6, 6.07) is 17.2. The Labute approximate surface area is 193 Å². The molecule has 31 heavy (non-hydrogen) atoms. The predicted octanol–water partition coefficient (Wildman–Crippen LogP) is 2.59. The second-order valence-electron chi connectivity index (χ2n) is 6.73. The first-order valence-electron chi connectivity index (χ1n) is 9.39. The van der Waals surface area contributed by atoms with Crippen LogP contribution >= 0.6 is 24.8 Å². The van der Waals surface area contributed by atoms with Gasteiger partial charge >= 0.3 is 5.97 Å². The highest BCUT2D eigenvalue weighted by atomic mass is 35.5. The van der Waals surface area contributed by atoms with E-state index >= 15 is 0 Å². The highest BCUT2D eigenvalue weighted by Crippen LogP contribution is 2.08. The number of nitrogens with one attached hydrogen (secondary N) is 2. The number of imidazole rings is 1. The van der Waals surface area contributed by atoms with Gasteiger partial charge in [0.2, 0.25) is 5.91 Å². The molecule has 0 radical (unpaired) electrons. The number of ether oxygens (including phenoxy) is 1. The Hall–Kier alpha value is -2.87. The van der Waals surface area contributed by atoms with Gasteiger partial charge in [0.1, 0.15) is 12.6 Å². The molecule has 0 saturated heterocycles. The molecule has 0 aliphatic heterocycles. The number of benzene rings is 2. The molecule has 9 heteroatoms. The molecule has 4 N–H and O–H groups in total. The zero-order valence-electron chi connectivity index (χ0n) is 16.8. The molecule has 3 aromatic rings. The number of carbonyl (C=O) groups is 2. The van der Waals surface area contributed by atoms with Gasteiger partial charge in [-0.25, -0.2) is 9.78 Å². The van der Waals surface area contributed by atoms with Gasteiger partial charge in [-0.2, -0.15) is 0 Å². The highest BCUT2D eigenvalue weighted by molar-refractivity contribution is 5.87. The van der Waals surface area contributed by atoms with Crippen LogP contribution in [0.5, 0.6) is 0 Å². The Bertz CT molecular complexity index is 909. The van der Waals surface area contributed by atoms with Gasteiger partial charge in [-0.05, 0) is 11.1 Å². The normalized spacial score (nSPS) is 11.9. The van der Waals surface area contributed by atoms with Crippen molar-refractivity contribution in [1.29, 1.82) is 0 Å². The standard InChI is InChI=1S/C22H24N4O3.2ClH/c23-19(12-18-13-24-15-25-18)21(27)26-20(11-16-7-3-1-4-8-16)22(28)29-14-17-9-5-2-6-10-17;;/h1-10,13,15,19-20H,11-12,14,23H2,(H,24,25)(H,26,27);2*1H/t19-,20-;;/m1../s1. The number of nitrogens with zero attached hydrogens (tertiary/aromatic N) is 1. The summed E-state index contributed by atoms with van der Waals surface area (Å²) >= 11 is 0. The van der Waals surface area contributed by atoms with Crippen LogP contribution in [0.1, 0.15) is 16.8 Å². The van der Waals surface area contributed by atoms with E-state index in [-0.39, 0.29) is 31.4 Å². The quantitative estimate of drug-likeness (QED) is 0.421. The SMILES string of the molecule is Cl.Cl.N[C@H](Cc1cnc[nH]1)C(=O)N[C@H](Cc1ccccc1)C(=O)OCc1ccccc1. The number of amides is 1. The Morgan fingerprint density at radius 3 is 2.16 bits per heavy atom. The first kappa shape index (κ1) is 26.2. The van der Waals surface area contributed by atoms with E-state index in [9.17, 15) is 9.59 Å². The van der Waals surface area contributed by atoms with Crippen LogP contribution in [-0.4, -0.2) is 33.9 Å². The monoisotopic (exact) mass is 464 g/mol. The molecule has 0 unspecified atom stereocenters. The largest absolute Gasteiger partial charge is 0.459 e. The van der Waals surface area contributed by atoms with Gasteiger partial charge in [0, 0.05) is 24.7 Å². The van der Waals surface area contributed by atoms with E-state index < -0.39 is 24.0 Å². The lowest BCUT2D eigenvalue weighted by molar-refractivity contribution is -0.149. The zero-order valence-corrected chi connectivity index (χ0v) is 18.4. The fourth-order valence-corrected chi connectivity index (χ4v) is 2.88. The molecule has 0 saturated carbocycles. The molecule has 2 atom stereocenters. The van der Waals surface area contributed by atoms with Crippen molar-refractivity contribution in [1.82, 2.24) is 15.3 Å². The third-order valence-corrected chi connectivity index (χ3v) is 4.44. The van der Waals surface area contributed by atoms with Crippen molar-refractivity contribution in [3.05, 3.63) is 90.0 Å². The van der Waals surface area contributed by atoms with Gasteiger partial charge < -0.3 is 20.8 Å². The molecule has 1 amide bonds. The topological polar surface area (TPSA) is 110 Å². The summed E-state index contributed by atoms with van der Waals surface area (Å²) in [4.78, 5) is 32.1. The number of halogens is 2. The molecule has 7 nitrogen and oxygen atoms in total. The maximum absolute atomic E-state index is 12.7. The number of esters is 1. The van der Waals surface area contributed by atoms with Gasteiger partial charge in [0.15, 0.2) is 0 Å². The number of aromatic amines is 1. The van der Waals surface area contributed by atoms with E-state index in [1.54, 1.807) is 6.20 Å². The van der Waals surface area contributed by atoms with E-state index in [2.05, 4.69) is 15.3 Å². The summed E-state index contributed by atoms with van der Waals surface area (Å²) in [6.07, 6.45) is 3.75. The molecule has 0 bridgehead atoms. The average Bonchev–Trinajstić information content (AvgIpc) is 3.26. The van der Waals surface area contributed by atoms with Gasteiger partial charge in [-0.3, -0.25) is 4.79 Å². The second-order valence-corrected chi connectivity index (χ2v) is 6.73. The summed E-state index contributed by atoms with van der Waals surface area (Å²) in [6.45, 7) is 0.140. The summed E-state index contributed by atoms with van der Waals surface area (Å²) in [7, 11) is 0.